The Bertz CT molecular complexity index is 569. The summed E-state index contributed by atoms with van der Waals surface area (Å²) in [7, 11) is 0. The maximum absolute atomic E-state index is 12.8. The van der Waals surface area contributed by atoms with Gasteiger partial charge in [0.2, 0.25) is 5.78 Å². The Hall–Kier alpha value is -1.24. The van der Waals surface area contributed by atoms with Gasteiger partial charge in [-0.25, -0.2) is 0 Å². The fourth-order valence-corrected chi connectivity index (χ4v) is 4.82. The topological polar surface area (TPSA) is 115 Å². The molecule has 2 aliphatic rings. The molecular formula is C21H34O6. The second-order valence-electron chi connectivity index (χ2n) is 8.19. The lowest BCUT2D eigenvalue weighted by Gasteiger charge is -2.47. The first kappa shape index (κ1) is 22.1. The van der Waals surface area contributed by atoms with Gasteiger partial charge in [-0.05, 0) is 30.8 Å². The van der Waals surface area contributed by atoms with Crippen LogP contribution in [-0.2, 0) is 9.59 Å². The second-order valence-corrected chi connectivity index (χ2v) is 8.19. The smallest absolute Gasteiger partial charge is 0.203 e. The summed E-state index contributed by atoms with van der Waals surface area (Å²) in [6.07, 6.45) is 3.72. The van der Waals surface area contributed by atoms with Crippen LogP contribution >= 0.6 is 0 Å². The normalized spacial score (nSPS) is 33.9. The van der Waals surface area contributed by atoms with E-state index in [9.17, 15) is 30.0 Å². The second kappa shape index (κ2) is 9.80. The van der Waals surface area contributed by atoms with Crippen LogP contribution in [0, 0.1) is 23.7 Å². The van der Waals surface area contributed by atoms with Gasteiger partial charge >= 0.3 is 0 Å². The predicted octanol–water partition coefficient (Wildman–Crippen LogP) is 2.30. The van der Waals surface area contributed by atoms with Gasteiger partial charge in [-0.2, -0.15) is 0 Å². The molecule has 2 unspecified atom stereocenters. The molecular weight excluding hydrogens is 348 g/mol. The third kappa shape index (κ3) is 4.61. The summed E-state index contributed by atoms with van der Waals surface area (Å²) in [5, 5.41) is 41.0. The monoisotopic (exact) mass is 382 g/mol. The first-order chi connectivity index (χ1) is 12.8. The molecule has 1 saturated carbocycles. The SMILES string of the molecule is CCCCCCCC1=C(O)C(=O)C2[C@H](C1C(=O)CCO)[C@@H](O)C[C@@H](C)[C@H]2O. The number of carbonyl (C=O) groups excluding carboxylic acids is 2. The van der Waals surface area contributed by atoms with Crippen LogP contribution in [0.2, 0.25) is 0 Å². The number of rotatable bonds is 9. The lowest BCUT2D eigenvalue weighted by molar-refractivity contribution is -0.150. The van der Waals surface area contributed by atoms with Crippen molar-refractivity contribution in [3.63, 3.8) is 0 Å². The van der Waals surface area contributed by atoms with Gasteiger partial charge < -0.3 is 20.4 Å². The first-order valence-corrected chi connectivity index (χ1v) is 10.3. The minimum atomic E-state index is -0.997. The molecule has 0 amide bonds. The van der Waals surface area contributed by atoms with Crippen molar-refractivity contribution in [1.29, 1.82) is 0 Å². The van der Waals surface area contributed by atoms with Crippen molar-refractivity contribution in [2.24, 2.45) is 23.7 Å². The molecule has 6 atom stereocenters. The van der Waals surface area contributed by atoms with E-state index in [2.05, 4.69) is 6.92 Å². The van der Waals surface area contributed by atoms with E-state index < -0.39 is 41.5 Å². The van der Waals surface area contributed by atoms with Crippen LogP contribution in [0.5, 0.6) is 0 Å². The lowest BCUT2D eigenvalue weighted by atomic mass is 9.58. The third-order valence-corrected chi connectivity index (χ3v) is 6.28. The third-order valence-electron chi connectivity index (χ3n) is 6.28. The van der Waals surface area contributed by atoms with Crippen LogP contribution in [0.3, 0.4) is 0 Å². The number of carbonyl (C=O) groups is 2. The average Bonchev–Trinajstić information content (AvgIpc) is 2.62. The number of Topliss-reactive ketones (excluding diaryl/α,β-unsaturated/α-hetero) is 2. The summed E-state index contributed by atoms with van der Waals surface area (Å²) >= 11 is 0. The van der Waals surface area contributed by atoms with Crippen molar-refractivity contribution in [3.8, 4) is 0 Å². The molecule has 4 N–H and O–H groups in total. The number of ketones is 2. The number of hydrogen-bond acceptors (Lipinski definition) is 6. The Kier molecular flexibility index (Phi) is 8.01. The highest BCUT2D eigenvalue weighted by Crippen LogP contribution is 2.47. The molecule has 0 heterocycles. The zero-order chi connectivity index (χ0) is 20.1. The highest BCUT2D eigenvalue weighted by Gasteiger charge is 2.55. The molecule has 0 bridgehead atoms. The number of hydrogen-bond donors (Lipinski definition) is 4. The predicted molar refractivity (Wildman–Crippen MR) is 101 cm³/mol. The van der Waals surface area contributed by atoms with Crippen LogP contribution in [0.15, 0.2) is 11.3 Å². The molecule has 0 radical (unpaired) electrons. The molecule has 0 spiro atoms. The molecule has 2 aliphatic carbocycles. The van der Waals surface area contributed by atoms with Gasteiger partial charge in [-0.3, -0.25) is 9.59 Å². The van der Waals surface area contributed by atoms with Gasteiger partial charge in [-0.15, -0.1) is 0 Å². The molecule has 27 heavy (non-hydrogen) atoms. The minimum absolute atomic E-state index is 0.0902. The first-order valence-electron chi connectivity index (χ1n) is 10.3. The molecule has 6 nitrogen and oxygen atoms in total. The molecule has 2 rings (SSSR count). The Morgan fingerprint density at radius 2 is 1.81 bits per heavy atom. The van der Waals surface area contributed by atoms with Crippen molar-refractivity contribution in [3.05, 3.63) is 11.3 Å². The Labute approximate surface area is 161 Å². The molecule has 154 valence electrons. The van der Waals surface area contributed by atoms with E-state index in [4.69, 9.17) is 0 Å². The summed E-state index contributed by atoms with van der Waals surface area (Å²) < 4.78 is 0. The Morgan fingerprint density at radius 3 is 2.44 bits per heavy atom. The molecule has 1 fully saturated rings. The van der Waals surface area contributed by atoms with E-state index in [0.717, 1.165) is 32.1 Å². The van der Waals surface area contributed by atoms with E-state index in [1.54, 1.807) is 6.92 Å². The van der Waals surface area contributed by atoms with Crippen molar-refractivity contribution in [1.82, 2.24) is 0 Å². The standard InChI is InChI=1S/C21H34O6/c1-3-4-5-6-7-8-13-16(14(23)9-10-22)17-15(24)11-12(2)19(25)18(17)21(27)20(13)26/h12,15-19,22,24-26H,3-11H2,1-2H3/t12-,15+,16?,17+,18?,19-/m1/s1. The van der Waals surface area contributed by atoms with Crippen LogP contribution in [0.25, 0.3) is 0 Å². The highest BCUT2D eigenvalue weighted by atomic mass is 16.3. The minimum Gasteiger partial charge on any atom is -0.504 e. The van der Waals surface area contributed by atoms with Crippen LogP contribution in [0.4, 0.5) is 0 Å². The van der Waals surface area contributed by atoms with Crippen molar-refractivity contribution in [2.75, 3.05) is 6.61 Å². The number of aliphatic hydroxyl groups excluding tert-OH is 4. The Balaban J connectivity index is 2.34. The van der Waals surface area contributed by atoms with Gasteiger partial charge in [0.25, 0.3) is 0 Å². The van der Waals surface area contributed by atoms with Crippen LogP contribution in [0.1, 0.15) is 65.2 Å². The average molecular weight is 382 g/mol. The maximum atomic E-state index is 12.8. The molecule has 0 aromatic heterocycles. The van der Waals surface area contributed by atoms with E-state index in [-0.39, 0.29) is 24.7 Å². The van der Waals surface area contributed by atoms with Crippen LogP contribution < -0.4 is 0 Å². The summed E-state index contributed by atoms with van der Waals surface area (Å²) in [5.41, 5.74) is 0.386. The van der Waals surface area contributed by atoms with Gasteiger partial charge in [0.1, 0.15) is 5.78 Å². The van der Waals surface area contributed by atoms with Gasteiger partial charge in [-0.1, -0.05) is 39.5 Å². The summed E-state index contributed by atoms with van der Waals surface area (Å²) in [4.78, 5) is 25.6. The van der Waals surface area contributed by atoms with Gasteiger partial charge in [0.15, 0.2) is 5.76 Å². The van der Waals surface area contributed by atoms with E-state index in [0.29, 0.717) is 18.4 Å². The van der Waals surface area contributed by atoms with E-state index >= 15 is 0 Å². The fraction of sp³-hybridized carbons (Fsp3) is 0.810. The molecule has 0 aromatic carbocycles. The number of unbranched alkanes of at least 4 members (excludes halogenated alkanes) is 4. The number of allylic oxidation sites excluding steroid dienone is 2. The lowest BCUT2D eigenvalue weighted by Crippen LogP contribution is -2.56. The molecule has 0 aromatic rings. The van der Waals surface area contributed by atoms with E-state index in [1.165, 1.54) is 0 Å². The number of aliphatic hydroxyl groups is 4. The van der Waals surface area contributed by atoms with E-state index in [1.807, 2.05) is 0 Å². The van der Waals surface area contributed by atoms with Gasteiger partial charge in [0, 0.05) is 24.9 Å². The highest BCUT2D eigenvalue weighted by molar-refractivity contribution is 6.00. The molecule has 0 aliphatic heterocycles. The fourth-order valence-electron chi connectivity index (χ4n) is 4.82. The largest absolute Gasteiger partial charge is 0.504 e. The van der Waals surface area contributed by atoms with Crippen molar-refractivity contribution < 1.29 is 30.0 Å². The quantitative estimate of drug-likeness (QED) is 0.455. The Morgan fingerprint density at radius 1 is 1.15 bits per heavy atom. The van der Waals surface area contributed by atoms with Crippen molar-refractivity contribution in [2.45, 2.75) is 77.4 Å². The zero-order valence-electron chi connectivity index (χ0n) is 16.4. The van der Waals surface area contributed by atoms with Crippen molar-refractivity contribution >= 4 is 11.6 Å². The number of fused-ring (bicyclic) bond motifs is 1. The van der Waals surface area contributed by atoms with Gasteiger partial charge in [0.05, 0.1) is 18.1 Å². The summed E-state index contributed by atoms with van der Waals surface area (Å²) in [6.45, 7) is 3.56. The summed E-state index contributed by atoms with van der Waals surface area (Å²) in [5.74, 6) is -4.07. The molecule has 0 saturated heterocycles. The maximum Gasteiger partial charge on any atom is 0.203 e. The summed E-state index contributed by atoms with van der Waals surface area (Å²) in [6, 6.07) is 0. The van der Waals surface area contributed by atoms with Crippen LogP contribution in [-0.4, -0.2) is 50.8 Å². The molecule has 6 heteroatoms. The zero-order valence-corrected chi connectivity index (χ0v) is 16.4.